The van der Waals surface area contributed by atoms with E-state index in [1.165, 1.54) is 36.1 Å². The highest BCUT2D eigenvalue weighted by Gasteiger charge is 2.31. The third-order valence-electron chi connectivity index (χ3n) is 4.87. The second kappa shape index (κ2) is 11.7. The van der Waals surface area contributed by atoms with Gasteiger partial charge in [0.05, 0.1) is 11.9 Å². The molecule has 2 aromatic carbocycles. The Bertz CT molecular complexity index is 1110. The number of para-hydroxylation sites is 1. The van der Waals surface area contributed by atoms with Gasteiger partial charge in [-0.3, -0.25) is 13.9 Å². The molecule has 0 fully saturated rings. The lowest BCUT2D eigenvalue weighted by atomic mass is 10.1. The number of benzene rings is 2. The smallest absolute Gasteiger partial charge is 0.244 e. The van der Waals surface area contributed by atoms with E-state index < -0.39 is 40.2 Å². The molecule has 0 spiro atoms. The molecule has 1 N–H and O–H groups in total. The fourth-order valence-electron chi connectivity index (χ4n) is 3.06. The number of halogens is 3. The van der Waals surface area contributed by atoms with Gasteiger partial charge in [-0.25, -0.2) is 12.8 Å². The van der Waals surface area contributed by atoms with Gasteiger partial charge < -0.3 is 10.2 Å². The van der Waals surface area contributed by atoms with E-state index in [1.807, 2.05) is 6.92 Å². The van der Waals surface area contributed by atoms with Crippen LogP contribution >= 0.6 is 23.2 Å². The summed E-state index contributed by atoms with van der Waals surface area (Å²) in [5.74, 6) is -1.90. The molecular weight excluding hydrogens is 492 g/mol. The van der Waals surface area contributed by atoms with Crippen LogP contribution in [0.5, 0.6) is 0 Å². The number of sulfonamides is 1. The van der Waals surface area contributed by atoms with Gasteiger partial charge in [-0.1, -0.05) is 48.3 Å². The number of amides is 2. The number of nitrogens with one attached hydrogen (secondary N) is 1. The SMILES string of the molecule is CCCNC(=O)[C@H](C)N(Cc1ccc(Cl)cc1Cl)C(=O)CN(c1ccccc1F)S(C)(=O)=O. The van der Waals surface area contributed by atoms with Gasteiger partial charge in [-0.2, -0.15) is 0 Å². The predicted octanol–water partition coefficient (Wildman–Crippen LogP) is 3.84. The van der Waals surface area contributed by atoms with Gasteiger partial charge >= 0.3 is 0 Å². The van der Waals surface area contributed by atoms with E-state index >= 15 is 0 Å². The minimum Gasteiger partial charge on any atom is -0.354 e. The molecule has 0 radical (unpaired) electrons. The zero-order valence-corrected chi connectivity index (χ0v) is 20.8. The highest BCUT2D eigenvalue weighted by atomic mass is 35.5. The summed E-state index contributed by atoms with van der Waals surface area (Å²) in [6.45, 7) is 3.05. The fourth-order valence-corrected chi connectivity index (χ4v) is 4.38. The van der Waals surface area contributed by atoms with E-state index in [2.05, 4.69) is 5.32 Å². The Hall–Kier alpha value is -2.36. The Morgan fingerprint density at radius 1 is 1.15 bits per heavy atom. The molecule has 0 saturated heterocycles. The highest BCUT2D eigenvalue weighted by Crippen LogP contribution is 2.25. The standard InChI is InChI=1S/C22H26Cl2FN3O4S/c1-4-11-26-22(30)15(2)27(13-16-9-10-17(23)12-18(16)24)21(29)14-28(33(3,31)32)20-8-6-5-7-19(20)25/h5-10,12,15H,4,11,13-14H2,1-3H3,(H,26,30)/t15-/m0/s1. The maximum absolute atomic E-state index is 14.4. The van der Waals surface area contributed by atoms with E-state index in [4.69, 9.17) is 23.2 Å². The summed E-state index contributed by atoms with van der Waals surface area (Å²) < 4.78 is 39.9. The average molecular weight is 518 g/mol. The molecule has 0 bridgehead atoms. The molecule has 2 rings (SSSR count). The first-order valence-electron chi connectivity index (χ1n) is 10.2. The summed E-state index contributed by atoms with van der Waals surface area (Å²) in [5, 5.41) is 3.41. The number of anilines is 1. The average Bonchev–Trinajstić information content (AvgIpc) is 2.74. The Morgan fingerprint density at radius 3 is 2.39 bits per heavy atom. The second-order valence-electron chi connectivity index (χ2n) is 7.45. The predicted molar refractivity (Wildman–Crippen MR) is 128 cm³/mol. The largest absolute Gasteiger partial charge is 0.354 e. The summed E-state index contributed by atoms with van der Waals surface area (Å²) in [4.78, 5) is 27.2. The molecular formula is C22H26Cl2FN3O4S. The minimum atomic E-state index is -4.01. The molecule has 7 nitrogen and oxygen atoms in total. The summed E-state index contributed by atoms with van der Waals surface area (Å²) in [5.41, 5.74) is 0.252. The summed E-state index contributed by atoms with van der Waals surface area (Å²) in [6.07, 6.45) is 1.58. The Kier molecular flexibility index (Phi) is 9.51. The summed E-state index contributed by atoms with van der Waals surface area (Å²) >= 11 is 12.2. The van der Waals surface area contributed by atoms with Crippen LogP contribution in [-0.2, 0) is 26.2 Å². The van der Waals surface area contributed by atoms with Crippen LogP contribution in [0.15, 0.2) is 42.5 Å². The van der Waals surface area contributed by atoms with Crippen molar-refractivity contribution in [1.82, 2.24) is 10.2 Å². The zero-order valence-electron chi connectivity index (χ0n) is 18.5. The number of hydrogen-bond acceptors (Lipinski definition) is 4. The van der Waals surface area contributed by atoms with Crippen molar-refractivity contribution in [2.24, 2.45) is 0 Å². The first-order valence-corrected chi connectivity index (χ1v) is 12.8. The van der Waals surface area contributed by atoms with E-state index in [0.717, 1.165) is 12.3 Å². The van der Waals surface area contributed by atoms with Crippen molar-refractivity contribution in [2.75, 3.05) is 23.7 Å². The second-order valence-corrected chi connectivity index (χ2v) is 10.2. The normalized spacial score (nSPS) is 12.2. The van der Waals surface area contributed by atoms with Crippen molar-refractivity contribution in [1.29, 1.82) is 0 Å². The Balaban J connectivity index is 2.42. The topological polar surface area (TPSA) is 86.8 Å². The molecule has 0 unspecified atom stereocenters. The van der Waals surface area contributed by atoms with Crippen LogP contribution in [0.1, 0.15) is 25.8 Å². The van der Waals surface area contributed by atoms with Crippen LogP contribution in [0.25, 0.3) is 0 Å². The Morgan fingerprint density at radius 2 is 1.82 bits per heavy atom. The molecule has 0 heterocycles. The van der Waals surface area contributed by atoms with E-state index in [9.17, 15) is 22.4 Å². The first kappa shape index (κ1) is 26.9. The zero-order chi connectivity index (χ0) is 24.8. The van der Waals surface area contributed by atoms with Gasteiger partial charge in [0, 0.05) is 23.1 Å². The molecule has 1 atom stereocenters. The molecule has 0 aliphatic rings. The molecule has 180 valence electrons. The van der Waals surface area contributed by atoms with Crippen LogP contribution in [0.3, 0.4) is 0 Å². The van der Waals surface area contributed by atoms with Crippen LogP contribution in [0, 0.1) is 5.82 Å². The highest BCUT2D eigenvalue weighted by molar-refractivity contribution is 7.92. The van der Waals surface area contributed by atoms with Gasteiger partial charge in [0.25, 0.3) is 0 Å². The van der Waals surface area contributed by atoms with Crippen molar-refractivity contribution in [2.45, 2.75) is 32.9 Å². The van der Waals surface area contributed by atoms with Gasteiger partial charge in [0.15, 0.2) is 0 Å². The van der Waals surface area contributed by atoms with Crippen molar-refractivity contribution in [3.63, 3.8) is 0 Å². The number of nitrogens with zero attached hydrogens (tertiary/aromatic N) is 2. The quantitative estimate of drug-likeness (QED) is 0.518. The molecule has 11 heteroatoms. The van der Waals surface area contributed by atoms with Gasteiger partial charge in [0.2, 0.25) is 21.8 Å². The van der Waals surface area contributed by atoms with Gasteiger partial charge in [-0.15, -0.1) is 0 Å². The Labute approximate surface area is 203 Å². The molecule has 33 heavy (non-hydrogen) atoms. The maximum Gasteiger partial charge on any atom is 0.244 e. The lowest BCUT2D eigenvalue weighted by Gasteiger charge is -2.31. The lowest BCUT2D eigenvalue weighted by Crippen LogP contribution is -2.51. The van der Waals surface area contributed by atoms with Gasteiger partial charge in [-0.05, 0) is 43.2 Å². The number of carbonyl (C=O) groups excluding carboxylic acids is 2. The fraction of sp³-hybridized carbons (Fsp3) is 0.364. The maximum atomic E-state index is 14.4. The number of hydrogen-bond donors (Lipinski definition) is 1. The van der Waals surface area contributed by atoms with Gasteiger partial charge in [0.1, 0.15) is 18.4 Å². The molecule has 0 aromatic heterocycles. The summed E-state index contributed by atoms with van der Waals surface area (Å²) in [6, 6.07) is 9.01. The van der Waals surface area contributed by atoms with Crippen molar-refractivity contribution in [3.8, 4) is 0 Å². The monoisotopic (exact) mass is 517 g/mol. The summed E-state index contributed by atoms with van der Waals surface area (Å²) in [7, 11) is -4.01. The van der Waals surface area contributed by atoms with Crippen LogP contribution in [0.4, 0.5) is 10.1 Å². The van der Waals surface area contributed by atoms with Crippen LogP contribution < -0.4 is 9.62 Å². The molecule has 2 aromatic rings. The molecule has 2 amide bonds. The molecule has 0 aliphatic heterocycles. The van der Waals surface area contributed by atoms with Crippen molar-refractivity contribution in [3.05, 3.63) is 63.9 Å². The van der Waals surface area contributed by atoms with Crippen molar-refractivity contribution < 1.29 is 22.4 Å². The minimum absolute atomic E-state index is 0.0789. The number of rotatable bonds is 10. The van der Waals surface area contributed by atoms with E-state index in [1.54, 1.807) is 12.1 Å². The number of carbonyl (C=O) groups is 2. The third kappa shape index (κ3) is 7.31. The van der Waals surface area contributed by atoms with Crippen LogP contribution in [0.2, 0.25) is 10.0 Å². The van der Waals surface area contributed by atoms with Crippen LogP contribution in [-0.4, -0.2) is 50.5 Å². The molecule has 0 saturated carbocycles. The first-order chi connectivity index (χ1) is 15.5. The van der Waals surface area contributed by atoms with Crippen molar-refractivity contribution >= 4 is 50.7 Å². The van der Waals surface area contributed by atoms with E-state index in [0.29, 0.717) is 27.9 Å². The van der Waals surface area contributed by atoms with E-state index in [-0.39, 0.29) is 17.3 Å². The molecule has 0 aliphatic carbocycles. The lowest BCUT2D eigenvalue weighted by molar-refractivity contribution is -0.139. The third-order valence-corrected chi connectivity index (χ3v) is 6.59.